The van der Waals surface area contributed by atoms with Crippen LogP contribution in [0, 0.1) is 0 Å². The van der Waals surface area contributed by atoms with E-state index in [0.717, 1.165) is 29.7 Å². The van der Waals surface area contributed by atoms with Gasteiger partial charge in [0.2, 0.25) is 12.5 Å². The first kappa shape index (κ1) is 31.1. The van der Waals surface area contributed by atoms with Crippen LogP contribution >= 0.6 is 0 Å². The number of unbranched alkanes of at least 4 members (excludes halogenated alkanes) is 12. The van der Waals surface area contributed by atoms with Crippen LogP contribution in [0.1, 0.15) is 108 Å². The molecule has 0 aromatic heterocycles. The molecule has 0 unspecified atom stereocenters. The monoisotopic (exact) mass is 522 g/mol. The molecule has 0 aliphatic rings. The van der Waals surface area contributed by atoms with Crippen molar-refractivity contribution < 1.29 is 19.5 Å². The van der Waals surface area contributed by atoms with Crippen LogP contribution in [-0.2, 0) is 20.8 Å². The molecule has 6 heteroatoms. The Kier molecular flexibility index (Phi) is 16.3. The summed E-state index contributed by atoms with van der Waals surface area (Å²) in [5, 5.41) is 15.9. The number of hydrogen-bond donors (Lipinski definition) is 2. The van der Waals surface area contributed by atoms with Crippen LogP contribution in [0.5, 0.6) is 0 Å². The number of carbonyl (C=O) groups excluding carboxylic acids is 1. The largest absolute Gasteiger partial charge is 0.479 e. The van der Waals surface area contributed by atoms with Gasteiger partial charge in [-0.2, -0.15) is 0 Å². The van der Waals surface area contributed by atoms with Gasteiger partial charge in [0.25, 0.3) is 0 Å². The fourth-order valence-corrected chi connectivity index (χ4v) is 4.41. The number of carbonyl (C=O) groups is 2. The maximum atomic E-state index is 12.4. The Morgan fingerprint density at radius 3 is 1.87 bits per heavy atom. The van der Waals surface area contributed by atoms with Crippen LogP contribution < -0.4 is 5.32 Å². The number of carboxylic acid groups (broad SMARTS) is 1. The van der Waals surface area contributed by atoms with Crippen molar-refractivity contribution in [3.8, 4) is 0 Å². The molecule has 0 saturated heterocycles. The first-order valence-corrected chi connectivity index (χ1v) is 14.4. The molecule has 208 valence electrons. The van der Waals surface area contributed by atoms with Crippen molar-refractivity contribution in [3.63, 3.8) is 0 Å². The summed E-state index contributed by atoms with van der Waals surface area (Å²) in [7, 11) is 0. The van der Waals surface area contributed by atoms with Gasteiger partial charge in [-0.25, -0.2) is 4.79 Å². The van der Waals surface area contributed by atoms with Crippen LogP contribution in [0.15, 0.2) is 59.8 Å². The third-order valence-corrected chi connectivity index (χ3v) is 6.59. The number of carboxylic acids is 1. The molecule has 0 bridgehead atoms. The second-order valence-electron chi connectivity index (χ2n) is 9.99. The fourth-order valence-electron chi connectivity index (χ4n) is 4.41. The zero-order valence-corrected chi connectivity index (χ0v) is 23.1. The maximum Gasteiger partial charge on any atom is 0.344 e. The molecule has 0 saturated carbocycles. The lowest BCUT2D eigenvalue weighted by atomic mass is 10.0. The van der Waals surface area contributed by atoms with Crippen LogP contribution in [0.2, 0.25) is 0 Å². The molecule has 1 amide bonds. The number of nitrogens with zero attached hydrogens (tertiary/aromatic N) is 1. The van der Waals surface area contributed by atoms with Crippen molar-refractivity contribution >= 4 is 23.3 Å². The zero-order valence-electron chi connectivity index (χ0n) is 23.1. The van der Waals surface area contributed by atoms with Crippen molar-refractivity contribution in [3.05, 3.63) is 65.7 Å². The van der Waals surface area contributed by atoms with Crippen molar-refractivity contribution in [2.75, 3.05) is 11.9 Å². The second kappa shape index (κ2) is 19.9. The number of rotatable bonds is 21. The lowest BCUT2D eigenvalue weighted by Gasteiger charge is -2.09. The summed E-state index contributed by atoms with van der Waals surface area (Å²) in [4.78, 5) is 28.2. The van der Waals surface area contributed by atoms with Crippen molar-refractivity contribution in [2.45, 2.75) is 103 Å². The van der Waals surface area contributed by atoms with Crippen molar-refractivity contribution in [2.24, 2.45) is 5.16 Å². The second-order valence-corrected chi connectivity index (χ2v) is 9.99. The number of oxime groups is 1. The molecular formula is C32H46N2O4. The number of aliphatic carboxylic acids is 1. The van der Waals surface area contributed by atoms with E-state index in [1.807, 2.05) is 54.6 Å². The normalized spacial score (nSPS) is 11.3. The molecule has 38 heavy (non-hydrogen) atoms. The predicted molar refractivity (Wildman–Crippen MR) is 156 cm³/mol. The summed E-state index contributed by atoms with van der Waals surface area (Å²) in [6.45, 7) is 1.77. The Morgan fingerprint density at radius 1 is 0.763 bits per heavy atom. The number of anilines is 1. The Bertz CT molecular complexity index is 942. The highest BCUT2D eigenvalue weighted by Gasteiger charge is 2.09. The summed E-state index contributed by atoms with van der Waals surface area (Å²) in [5.41, 5.74) is 3.22. The van der Waals surface area contributed by atoms with Crippen LogP contribution in [0.25, 0.3) is 0 Å². The molecular weight excluding hydrogens is 476 g/mol. The van der Waals surface area contributed by atoms with Gasteiger partial charge in [-0.3, -0.25) is 4.79 Å². The molecule has 0 atom stereocenters. The van der Waals surface area contributed by atoms with Gasteiger partial charge in [0.15, 0.2) is 0 Å². The lowest BCUT2D eigenvalue weighted by Crippen LogP contribution is -2.12. The van der Waals surface area contributed by atoms with E-state index in [0.29, 0.717) is 18.6 Å². The van der Waals surface area contributed by atoms with Crippen LogP contribution in [0.4, 0.5) is 5.69 Å². The van der Waals surface area contributed by atoms with E-state index in [1.54, 1.807) is 0 Å². The van der Waals surface area contributed by atoms with Gasteiger partial charge < -0.3 is 15.3 Å². The van der Waals surface area contributed by atoms with Gasteiger partial charge >= 0.3 is 5.97 Å². The third kappa shape index (κ3) is 14.6. The average Bonchev–Trinajstić information content (AvgIpc) is 2.91. The molecule has 2 aromatic rings. The molecule has 2 N–H and O–H groups in total. The fraction of sp³-hybridized carbons (Fsp3) is 0.531. The van der Waals surface area contributed by atoms with E-state index in [-0.39, 0.29) is 5.91 Å². The standard InChI is InChI=1S/C32H46N2O4/c1-2-3-4-5-6-7-8-9-10-11-12-13-17-20-31(35)33-29-23-21-28(22-24-29)30(34-38-26-32(36)37)25-27-18-15-14-16-19-27/h14-16,18-19,21-24H,2-13,17,20,25-26H2,1H3,(H,33,35)(H,36,37). The first-order valence-electron chi connectivity index (χ1n) is 14.4. The smallest absolute Gasteiger partial charge is 0.344 e. The Morgan fingerprint density at radius 2 is 1.32 bits per heavy atom. The van der Waals surface area contributed by atoms with E-state index in [2.05, 4.69) is 17.4 Å². The maximum absolute atomic E-state index is 12.4. The Labute approximate surface area is 228 Å². The van der Waals surface area contributed by atoms with Crippen molar-refractivity contribution in [1.29, 1.82) is 0 Å². The lowest BCUT2D eigenvalue weighted by molar-refractivity contribution is -0.142. The predicted octanol–water partition coefficient (Wildman–Crippen LogP) is 8.15. The molecule has 2 rings (SSSR count). The summed E-state index contributed by atoms with van der Waals surface area (Å²) >= 11 is 0. The first-order chi connectivity index (χ1) is 18.6. The molecule has 0 heterocycles. The summed E-state index contributed by atoms with van der Waals surface area (Å²) in [6, 6.07) is 17.2. The topological polar surface area (TPSA) is 88.0 Å². The third-order valence-electron chi connectivity index (χ3n) is 6.59. The van der Waals surface area contributed by atoms with Gasteiger partial charge in [-0.15, -0.1) is 0 Å². The molecule has 2 aromatic carbocycles. The van der Waals surface area contributed by atoms with Crippen LogP contribution in [-0.4, -0.2) is 29.3 Å². The number of amides is 1. The van der Waals surface area contributed by atoms with Gasteiger partial charge in [0, 0.05) is 18.5 Å². The molecule has 0 radical (unpaired) electrons. The molecule has 0 spiro atoms. The Hall–Kier alpha value is -3.15. The molecule has 0 fully saturated rings. The van der Waals surface area contributed by atoms with E-state index in [1.165, 1.54) is 70.6 Å². The SMILES string of the molecule is CCCCCCCCCCCCCCCC(=O)Nc1ccc(C(Cc2ccccc2)=NOCC(=O)O)cc1. The van der Waals surface area contributed by atoms with Gasteiger partial charge in [0.1, 0.15) is 0 Å². The highest BCUT2D eigenvalue weighted by molar-refractivity contribution is 6.02. The van der Waals surface area contributed by atoms with E-state index >= 15 is 0 Å². The quantitative estimate of drug-likeness (QED) is 0.0983. The summed E-state index contributed by atoms with van der Waals surface area (Å²) in [5.74, 6) is -1.04. The molecule has 6 nitrogen and oxygen atoms in total. The summed E-state index contributed by atoms with van der Waals surface area (Å²) < 4.78 is 0. The zero-order chi connectivity index (χ0) is 27.3. The van der Waals surface area contributed by atoms with E-state index in [4.69, 9.17) is 9.94 Å². The highest BCUT2D eigenvalue weighted by Crippen LogP contribution is 2.16. The molecule has 0 aliphatic heterocycles. The number of nitrogens with one attached hydrogen (secondary N) is 1. The Balaban J connectivity index is 1.66. The van der Waals surface area contributed by atoms with Gasteiger partial charge in [0.05, 0.1) is 5.71 Å². The highest BCUT2D eigenvalue weighted by atomic mass is 16.6. The van der Waals surface area contributed by atoms with Crippen LogP contribution in [0.3, 0.4) is 0 Å². The minimum absolute atomic E-state index is 0.0313. The average molecular weight is 523 g/mol. The van der Waals surface area contributed by atoms with Gasteiger partial charge in [-0.1, -0.05) is 132 Å². The molecule has 0 aliphatic carbocycles. The minimum atomic E-state index is -1.07. The minimum Gasteiger partial charge on any atom is -0.479 e. The van der Waals surface area contributed by atoms with Gasteiger partial charge in [-0.05, 0) is 29.7 Å². The van der Waals surface area contributed by atoms with Crippen molar-refractivity contribution in [1.82, 2.24) is 0 Å². The number of benzene rings is 2. The van der Waals surface area contributed by atoms with E-state index in [9.17, 15) is 9.59 Å². The van der Waals surface area contributed by atoms with E-state index < -0.39 is 12.6 Å². The number of hydrogen-bond acceptors (Lipinski definition) is 4. The summed E-state index contributed by atoms with van der Waals surface area (Å²) in [6.07, 6.45) is 17.8.